The van der Waals surface area contributed by atoms with E-state index >= 15 is 0 Å². The molecule has 0 radical (unpaired) electrons. The zero-order valence-electron chi connectivity index (χ0n) is 22.5. The summed E-state index contributed by atoms with van der Waals surface area (Å²) in [5.41, 5.74) is 2.05. The van der Waals surface area contributed by atoms with Gasteiger partial charge in [-0.05, 0) is 61.7 Å². The van der Waals surface area contributed by atoms with Crippen molar-refractivity contribution in [1.82, 2.24) is 20.0 Å². The van der Waals surface area contributed by atoms with Gasteiger partial charge >= 0.3 is 0 Å². The summed E-state index contributed by atoms with van der Waals surface area (Å²) in [6.07, 6.45) is 2.91. The molecule has 37 heavy (non-hydrogen) atoms. The first-order valence-electron chi connectivity index (χ1n) is 12.7. The molecule has 2 amide bonds. The number of benzene rings is 2. The van der Waals surface area contributed by atoms with E-state index in [1.807, 2.05) is 30.5 Å². The first-order chi connectivity index (χ1) is 17.9. The Morgan fingerprint density at radius 2 is 1.68 bits per heavy atom. The number of carbonyl (C=O) groups excluding carboxylic acids is 2. The predicted molar refractivity (Wildman–Crippen MR) is 147 cm³/mol. The van der Waals surface area contributed by atoms with Crippen molar-refractivity contribution in [1.29, 1.82) is 0 Å². The van der Waals surface area contributed by atoms with Crippen LogP contribution in [0.1, 0.15) is 39.9 Å². The van der Waals surface area contributed by atoms with Gasteiger partial charge in [0.15, 0.2) is 11.5 Å². The van der Waals surface area contributed by atoms with Crippen LogP contribution in [0.3, 0.4) is 0 Å². The Morgan fingerprint density at radius 3 is 2.30 bits per heavy atom. The van der Waals surface area contributed by atoms with Crippen LogP contribution < -0.4 is 14.8 Å². The van der Waals surface area contributed by atoms with Crippen LogP contribution in [0.5, 0.6) is 11.5 Å². The Labute approximate surface area is 224 Å². The lowest BCUT2D eigenvalue weighted by Gasteiger charge is -2.40. The van der Waals surface area contributed by atoms with E-state index in [9.17, 15) is 9.59 Å². The molecule has 2 aromatic carbocycles. The molecule has 0 aromatic heterocycles. The third-order valence-corrected chi connectivity index (χ3v) is 8.20. The summed E-state index contributed by atoms with van der Waals surface area (Å²) < 4.78 is 11.0. The summed E-state index contributed by atoms with van der Waals surface area (Å²) in [5.74, 6) is 0.153. The minimum absolute atomic E-state index is 0.0925. The van der Waals surface area contributed by atoms with Crippen molar-refractivity contribution in [2.75, 3.05) is 73.8 Å². The summed E-state index contributed by atoms with van der Waals surface area (Å²) in [5, 5.41) is 3.18. The lowest BCUT2D eigenvalue weighted by atomic mass is 9.79. The molecule has 200 valence electrons. The van der Waals surface area contributed by atoms with Crippen molar-refractivity contribution in [2.45, 2.75) is 23.3 Å². The zero-order valence-corrected chi connectivity index (χ0v) is 23.3. The highest BCUT2D eigenvalue weighted by Gasteiger charge is 2.43. The van der Waals surface area contributed by atoms with Gasteiger partial charge in [0, 0.05) is 50.2 Å². The summed E-state index contributed by atoms with van der Waals surface area (Å²) in [7, 11) is 7.02. The van der Waals surface area contributed by atoms with Gasteiger partial charge in [0.1, 0.15) is 0 Å². The van der Waals surface area contributed by atoms with Crippen molar-refractivity contribution < 1.29 is 19.1 Å². The molecule has 0 saturated carbocycles. The van der Waals surface area contributed by atoms with Gasteiger partial charge in [-0.25, -0.2) is 0 Å². The van der Waals surface area contributed by atoms with Crippen LogP contribution in [0.15, 0.2) is 41.3 Å². The molecule has 2 aromatic rings. The van der Waals surface area contributed by atoms with E-state index < -0.39 is 12.0 Å². The summed E-state index contributed by atoms with van der Waals surface area (Å²) in [4.78, 5) is 34.9. The fraction of sp³-hybridized carbons (Fsp3) is 0.500. The Morgan fingerprint density at radius 1 is 1.03 bits per heavy atom. The molecule has 4 rings (SSSR count). The van der Waals surface area contributed by atoms with Crippen molar-refractivity contribution >= 4 is 23.6 Å². The van der Waals surface area contributed by atoms with E-state index in [-0.39, 0.29) is 11.8 Å². The number of methoxy groups -OCH3 is 2. The maximum absolute atomic E-state index is 13.8. The van der Waals surface area contributed by atoms with Crippen LogP contribution in [-0.4, -0.2) is 100 Å². The van der Waals surface area contributed by atoms with Gasteiger partial charge in [0.05, 0.1) is 26.2 Å². The molecular weight excluding hydrogens is 488 g/mol. The monoisotopic (exact) mass is 526 g/mol. The van der Waals surface area contributed by atoms with E-state index in [4.69, 9.17) is 9.47 Å². The highest BCUT2D eigenvalue weighted by Crippen LogP contribution is 2.45. The minimum atomic E-state index is -0.582. The predicted octanol–water partition coefficient (Wildman–Crippen LogP) is 3.09. The van der Waals surface area contributed by atoms with Crippen LogP contribution in [0.2, 0.25) is 0 Å². The Hall–Kier alpha value is -2.75. The third kappa shape index (κ3) is 5.89. The van der Waals surface area contributed by atoms with E-state index in [0.717, 1.165) is 49.6 Å². The Bertz CT molecular complexity index is 1100. The first-order valence-corrected chi connectivity index (χ1v) is 14.0. The maximum atomic E-state index is 13.8. The van der Waals surface area contributed by atoms with Gasteiger partial charge in [0.25, 0.3) is 5.91 Å². The van der Waals surface area contributed by atoms with Gasteiger partial charge in [-0.3, -0.25) is 9.59 Å². The van der Waals surface area contributed by atoms with Crippen molar-refractivity contribution in [3.05, 3.63) is 53.1 Å². The van der Waals surface area contributed by atoms with Crippen LogP contribution >= 0.6 is 11.8 Å². The summed E-state index contributed by atoms with van der Waals surface area (Å²) in [6, 6.07) is 11.1. The van der Waals surface area contributed by atoms with E-state index in [1.165, 1.54) is 0 Å². The van der Waals surface area contributed by atoms with Crippen molar-refractivity contribution in [2.24, 2.45) is 0 Å². The average molecular weight is 527 g/mol. The molecule has 1 N–H and O–H groups in total. The number of likely N-dealkylation sites (N-methyl/N-ethyl adjacent to an activating group) is 2. The minimum Gasteiger partial charge on any atom is -0.493 e. The number of fused-ring (bicyclic) bond motifs is 1. The van der Waals surface area contributed by atoms with E-state index in [2.05, 4.69) is 22.2 Å². The highest BCUT2D eigenvalue weighted by atomic mass is 32.2. The molecule has 1 fully saturated rings. The number of piperazine rings is 1. The molecule has 0 aliphatic carbocycles. The normalized spacial score (nSPS) is 20.5. The molecule has 8 nitrogen and oxygen atoms in total. The number of ether oxygens (including phenoxy) is 2. The zero-order chi connectivity index (χ0) is 26.5. The fourth-order valence-electron chi connectivity index (χ4n) is 5.24. The average Bonchev–Trinajstić information content (AvgIpc) is 2.93. The van der Waals surface area contributed by atoms with Crippen LogP contribution in [0, 0.1) is 0 Å². The number of hydrogen-bond donors (Lipinski definition) is 1. The van der Waals surface area contributed by atoms with Gasteiger partial charge in [-0.1, -0.05) is 12.1 Å². The number of amides is 2. The second-order valence-electron chi connectivity index (χ2n) is 9.70. The number of carbonyl (C=O) groups is 2. The topological polar surface area (TPSA) is 74.4 Å². The molecule has 1 saturated heterocycles. The molecule has 2 atom stereocenters. The second-order valence-corrected chi connectivity index (χ2v) is 10.6. The van der Waals surface area contributed by atoms with Gasteiger partial charge in [-0.15, -0.1) is 11.8 Å². The van der Waals surface area contributed by atoms with Gasteiger partial charge in [-0.2, -0.15) is 0 Å². The fourth-order valence-corrected chi connectivity index (χ4v) is 5.65. The molecule has 0 unspecified atom stereocenters. The number of rotatable bonds is 9. The smallest absolute Gasteiger partial charge is 0.254 e. The molecule has 0 spiro atoms. The molecule has 2 heterocycles. The van der Waals surface area contributed by atoms with E-state index in [0.29, 0.717) is 29.2 Å². The quantitative estimate of drug-likeness (QED) is 0.398. The third-order valence-electron chi connectivity index (χ3n) is 7.46. The molecule has 2 aliphatic heterocycles. The van der Waals surface area contributed by atoms with Gasteiger partial charge in [0.2, 0.25) is 5.91 Å². The Balaban J connectivity index is 1.61. The molecule has 9 heteroatoms. The first kappa shape index (κ1) is 27.3. The van der Waals surface area contributed by atoms with Crippen LogP contribution in [0.4, 0.5) is 0 Å². The standard InChI is InChI=1S/C28H38N4O4S/c1-30-13-15-32(16-14-30)12-6-11-29-27(33)25-21-17-23(35-3)24(36-4)18-22(21)28(34)31(2)26(25)19-7-9-20(37-5)10-8-19/h7-10,17-18,25-26H,6,11-16H2,1-5H3,(H,29,33)/t25-,26-/m0/s1. The summed E-state index contributed by atoms with van der Waals surface area (Å²) >= 11 is 1.66. The van der Waals surface area contributed by atoms with Crippen molar-refractivity contribution in [3.8, 4) is 11.5 Å². The lowest BCUT2D eigenvalue weighted by molar-refractivity contribution is -0.124. The highest BCUT2D eigenvalue weighted by molar-refractivity contribution is 7.98. The largest absolute Gasteiger partial charge is 0.493 e. The SMILES string of the molecule is COc1cc2c(cc1OC)[C@H](C(=O)NCCCN1CCN(C)CC1)[C@H](c1ccc(SC)cc1)N(C)C2=O. The molecular formula is C28H38N4O4S. The van der Waals surface area contributed by atoms with Crippen LogP contribution in [0.25, 0.3) is 0 Å². The Kier molecular flexibility index (Phi) is 9.00. The van der Waals surface area contributed by atoms with Crippen LogP contribution in [-0.2, 0) is 4.79 Å². The summed E-state index contributed by atoms with van der Waals surface area (Å²) in [6.45, 7) is 5.81. The van der Waals surface area contributed by atoms with E-state index in [1.54, 1.807) is 50.1 Å². The number of nitrogens with one attached hydrogen (secondary N) is 1. The van der Waals surface area contributed by atoms with Gasteiger partial charge < -0.3 is 29.5 Å². The molecule has 2 aliphatic rings. The number of thioether (sulfide) groups is 1. The second kappa shape index (κ2) is 12.2. The lowest BCUT2D eigenvalue weighted by Crippen LogP contribution is -2.47. The molecule has 0 bridgehead atoms. The number of nitrogens with zero attached hydrogens (tertiary/aromatic N) is 3. The number of hydrogen-bond acceptors (Lipinski definition) is 7. The maximum Gasteiger partial charge on any atom is 0.254 e. The van der Waals surface area contributed by atoms with Crippen molar-refractivity contribution in [3.63, 3.8) is 0 Å².